The molecule has 1 atom stereocenters. The summed E-state index contributed by atoms with van der Waals surface area (Å²) in [6, 6.07) is 8.93. The number of rotatable bonds is 9. The maximum absolute atomic E-state index is 5.76. The lowest BCUT2D eigenvalue weighted by molar-refractivity contribution is 0.302. The van der Waals surface area contributed by atoms with Crippen molar-refractivity contribution in [1.82, 2.24) is 5.32 Å². The summed E-state index contributed by atoms with van der Waals surface area (Å²) >= 11 is 0. The predicted molar refractivity (Wildman–Crippen MR) is 82.9 cm³/mol. The molecule has 1 unspecified atom stereocenters. The monoisotopic (exact) mass is 263 g/mol. The standard InChI is InChI=1S/C17H29NO/c1-5-16-7-6-8-17(13-16)19-12-11-18-15(4)10-9-14(2)3/h6-8,13-15,18H,5,9-12H2,1-4H3. The molecule has 0 bridgehead atoms. The van der Waals surface area contributed by atoms with Crippen LogP contribution in [0.4, 0.5) is 0 Å². The number of ether oxygens (including phenoxy) is 1. The Morgan fingerprint density at radius 2 is 1.95 bits per heavy atom. The normalized spacial score (nSPS) is 12.7. The van der Waals surface area contributed by atoms with E-state index in [0.717, 1.165) is 31.2 Å². The van der Waals surface area contributed by atoms with E-state index in [1.54, 1.807) is 0 Å². The summed E-state index contributed by atoms with van der Waals surface area (Å²) in [5, 5.41) is 3.51. The van der Waals surface area contributed by atoms with Gasteiger partial charge in [0.15, 0.2) is 0 Å². The van der Waals surface area contributed by atoms with Gasteiger partial charge in [-0.15, -0.1) is 0 Å². The number of aryl methyl sites for hydroxylation is 1. The van der Waals surface area contributed by atoms with Crippen molar-refractivity contribution in [2.75, 3.05) is 13.2 Å². The Hall–Kier alpha value is -1.02. The number of benzene rings is 1. The van der Waals surface area contributed by atoms with E-state index in [-0.39, 0.29) is 0 Å². The summed E-state index contributed by atoms with van der Waals surface area (Å²) in [5.74, 6) is 1.77. The Bertz CT molecular complexity index is 349. The lowest BCUT2D eigenvalue weighted by Gasteiger charge is -2.15. The highest BCUT2D eigenvalue weighted by Gasteiger charge is 2.03. The van der Waals surface area contributed by atoms with Gasteiger partial charge < -0.3 is 10.1 Å². The Balaban J connectivity index is 2.16. The number of nitrogens with one attached hydrogen (secondary N) is 1. The summed E-state index contributed by atoms with van der Waals surface area (Å²) in [4.78, 5) is 0. The summed E-state index contributed by atoms with van der Waals surface area (Å²) in [6.07, 6.45) is 3.58. The van der Waals surface area contributed by atoms with Crippen LogP contribution >= 0.6 is 0 Å². The molecule has 0 aromatic heterocycles. The first-order chi connectivity index (χ1) is 9.11. The van der Waals surface area contributed by atoms with E-state index in [4.69, 9.17) is 4.74 Å². The Morgan fingerprint density at radius 1 is 1.16 bits per heavy atom. The van der Waals surface area contributed by atoms with Gasteiger partial charge >= 0.3 is 0 Å². The van der Waals surface area contributed by atoms with Crippen LogP contribution in [0.15, 0.2) is 24.3 Å². The molecule has 0 spiro atoms. The van der Waals surface area contributed by atoms with Gasteiger partial charge in [-0.05, 0) is 49.8 Å². The molecule has 19 heavy (non-hydrogen) atoms. The second kappa shape index (κ2) is 8.98. The molecule has 2 heteroatoms. The fourth-order valence-electron chi connectivity index (χ4n) is 2.01. The zero-order chi connectivity index (χ0) is 14.1. The van der Waals surface area contributed by atoms with Crippen LogP contribution in [0.5, 0.6) is 5.75 Å². The lowest BCUT2D eigenvalue weighted by Crippen LogP contribution is -2.30. The Morgan fingerprint density at radius 3 is 2.63 bits per heavy atom. The van der Waals surface area contributed by atoms with Gasteiger partial charge in [-0.25, -0.2) is 0 Å². The number of hydrogen-bond donors (Lipinski definition) is 1. The van der Waals surface area contributed by atoms with Crippen LogP contribution < -0.4 is 10.1 Å². The third-order valence-corrected chi connectivity index (χ3v) is 3.35. The molecule has 0 aliphatic rings. The average molecular weight is 263 g/mol. The molecule has 2 nitrogen and oxygen atoms in total. The second-order valence-electron chi connectivity index (χ2n) is 5.68. The van der Waals surface area contributed by atoms with Gasteiger partial charge in [0.1, 0.15) is 12.4 Å². The Labute approximate surface area is 118 Å². The largest absolute Gasteiger partial charge is 0.492 e. The molecule has 1 N–H and O–H groups in total. The SMILES string of the molecule is CCc1cccc(OCCNC(C)CCC(C)C)c1. The molecule has 0 radical (unpaired) electrons. The molecular formula is C17H29NO. The molecule has 108 valence electrons. The van der Waals surface area contributed by atoms with Gasteiger partial charge in [0.25, 0.3) is 0 Å². The van der Waals surface area contributed by atoms with Gasteiger partial charge in [-0.1, -0.05) is 32.9 Å². The molecule has 0 saturated heterocycles. The van der Waals surface area contributed by atoms with Crippen LogP contribution in [0.1, 0.15) is 46.1 Å². The molecule has 0 fully saturated rings. The fourth-order valence-corrected chi connectivity index (χ4v) is 2.01. The molecule has 0 aliphatic heterocycles. The zero-order valence-corrected chi connectivity index (χ0v) is 12.9. The van der Waals surface area contributed by atoms with E-state index in [1.807, 2.05) is 6.07 Å². The third kappa shape index (κ3) is 7.22. The van der Waals surface area contributed by atoms with Gasteiger partial charge in [0.05, 0.1) is 0 Å². The van der Waals surface area contributed by atoms with Crippen LogP contribution in [0.25, 0.3) is 0 Å². The van der Waals surface area contributed by atoms with Crippen molar-refractivity contribution < 1.29 is 4.74 Å². The van der Waals surface area contributed by atoms with Crippen molar-refractivity contribution in [2.24, 2.45) is 5.92 Å². The van der Waals surface area contributed by atoms with Crippen LogP contribution in [0, 0.1) is 5.92 Å². The smallest absolute Gasteiger partial charge is 0.119 e. The first-order valence-electron chi connectivity index (χ1n) is 7.57. The Kier molecular flexibility index (Phi) is 7.57. The molecule has 1 aromatic carbocycles. The van der Waals surface area contributed by atoms with E-state index >= 15 is 0 Å². The summed E-state index contributed by atoms with van der Waals surface area (Å²) in [7, 11) is 0. The van der Waals surface area contributed by atoms with Crippen LogP contribution in [-0.2, 0) is 6.42 Å². The topological polar surface area (TPSA) is 21.3 Å². The third-order valence-electron chi connectivity index (χ3n) is 3.35. The highest BCUT2D eigenvalue weighted by molar-refractivity contribution is 5.28. The summed E-state index contributed by atoms with van der Waals surface area (Å²) < 4.78 is 5.76. The van der Waals surface area contributed by atoms with Crippen molar-refractivity contribution in [3.63, 3.8) is 0 Å². The molecule has 1 rings (SSSR count). The van der Waals surface area contributed by atoms with Crippen LogP contribution in [-0.4, -0.2) is 19.2 Å². The molecule has 0 saturated carbocycles. The highest BCUT2D eigenvalue weighted by atomic mass is 16.5. The van der Waals surface area contributed by atoms with Crippen LogP contribution in [0.2, 0.25) is 0 Å². The molecule has 0 heterocycles. The van der Waals surface area contributed by atoms with Gasteiger partial charge in [0.2, 0.25) is 0 Å². The van der Waals surface area contributed by atoms with E-state index in [2.05, 4.69) is 51.2 Å². The van der Waals surface area contributed by atoms with E-state index in [9.17, 15) is 0 Å². The molecule has 1 aromatic rings. The quantitative estimate of drug-likeness (QED) is 0.679. The predicted octanol–water partition coefficient (Wildman–Crippen LogP) is 4.04. The van der Waals surface area contributed by atoms with Crippen molar-refractivity contribution >= 4 is 0 Å². The minimum absolute atomic E-state index is 0.577. The summed E-state index contributed by atoms with van der Waals surface area (Å²) in [6.45, 7) is 10.6. The maximum Gasteiger partial charge on any atom is 0.119 e. The van der Waals surface area contributed by atoms with Crippen molar-refractivity contribution in [2.45, 2.75) is 53.0 Å². The van der Waals surface area contributed by atoms with E-state index in [1.165, 1.54) is 18.4 Å². The molecular weight excluding hydrogens is 234 g/mol. The number of hydrogen-bond acceptors (Lipinski definition) is 2. The zero-order valence-electron chi connectivity index (χ0n) is 12.9. The maximum atomic E-state index is 5.76. The first-order valence-corrected chi connectivity index (χ1v) is 7.57. The van der Waals surface area contributed by atoms with Gasteiger partial charge in [-0.2, -0.15) is 0 Å². The minimum atomic E-state index is 0.577. The fraction of sp³-hybridized carbons (Fsp3) is 0.647. The highest BCUT2D eigenvalue weighted by Crippen LogP contribution is 2.13. The minimum Gasteiger partial charge on any atom is -0.492 e. The second-order valence-corrected chi connectivity index (χ2v) is 5.68. The van der Waals surface area contributed by atoms with E-state index in [0.29, 0.717) is 6.04 Å². The molecule has 0 aliphatic carbocycles. The van der Waals surface area contributed by atoms with Crippen molar-refractivity contribution in [1.29, 1.82) is 0 Å². The first kappa shape index (κ1) is 16.0. The molecule has 0 amide bonds. The van der Waals surface area contributed by atoms with E-state index < -0.39 is 0 Å². The van der Waals surface area contributed by atoms with Gasteiger partial charge in [-0.3, -0.25) is 0 Å². The summed E-state index contributed by atoms with van der Waals surface area (Å²) in [5.41, 5.74) is 1.33. The van der Waals surface area contributed by atoms with Gasteiger partial charge in [0, 0.05) is 12.6 Å². The van der Waals surface area contributed by atoms with Crippen molar-refractivity contribution in [3.8, 4) is 5.75 Å². The average Bonchev–Trinajstić information content (AvgIpc) is 2.41. The van der Waals surface area contributed by atoms with Crippen LogP contribution in [0.3, 0.4) is 0 Å². The van der Waals surface area contributed by atoms with Crippen molar-refractivity contribution in [3.05, 3.63) is 29.8 Å². The lowest BCUT2D eigenvalue weighted by atomic mass is 10.0.